The van der Waals surface area contributed by atoms with Crippen molar-refractivity contribution in [1.82, 2.24) is 10.2 Å². The predicted octanol–water partition coefficient (Wildman–Crippen LogP) is 2.84. The Morgan fingerprint density at radius 2 is 1.50 bits per heavy atom. The number of carbonyl (C=O) groups is 1. The minimum Gasteiger partial charge on any atom is -0.350 e. The molecule has 4 heteroatoms. The Bertz CT molecular complexity index is 319. The van der Waals surface area contributed by atoms with Crippen molar-refractivity contribution in [2.75, 3.05) is 19.6 Å². The van der Waals surface area contributed by atoms with Gasteiger partial charge in [-0.25, -0.2) is 0 Å². The highest BCUT2D eigenvalue weighted by molar-refractivity contribution is 5.85. The molecule has 1 N–H and O–H groups in total. The molecule has 0 aromatic heterocycles. The van der Waals surface area contributed by atoms with E-state index in [-0.39, 0.29) is 23.9 Å². The zero-order valence-electron chi connectivity index (χ0n) is 12.9. The van der Waals surface area contributed by atoms with Gasteiger partial charge in [-0.15, -0.1) is 12.4 Å². The van der Waals surface area contributed by atoms with Crippen molar-refractivity contribution in [2.45, 2.75) is 57.9 Å². The van der Waals surface area contributed by atoms with Crippen LogP contribution in [0.1, 0.15) is 52.4 Å². The molecule has 3 nitrogen and oxygen atoms in total. The smallest absolute Gasteiger partial charge is 0.234 e. The number of likely N-dealkylation sites (N-methyl/N-ethyl adjacent to an activating group) is 1. The molecule has 4 aliphatic carbocycles. The summed E-state index contributed by atoms with van der Waals surface area (Å²) in [7, 11) is 0. The lowest BCUT2D eigenvalue weighted by atomic mass is 9.53. The molecule has 0 atom stereocenters. The van der Waals surface area contributed by atoms with Gasteiger partial charge < -0.3 is 5.32 Å². The number of amides is 1. The number of carbonyl (C=O) groups excluding carboxylic acids is 1. The fourth-order valence-corrected chi connectivity index (χ4v) is 5.25. The van der Waals surface area contributed by atoms with Gasteiger partial charge in [0.2, 0.25) is 5.91 Å². The van der Waals surface area contributed by atoms with Gasteiger partial charge >= 0.3 is 0 Å². The highest BCUT2D eigenvalue weighted by atomic mass is 35.5. The molecule has 0 spiro atoms. The van der Waals surface area contributed by atoms with Crippen molar-refractivity contribution in [3.05, 3.63) is 0 Å². The molecular formula is C16H29ClN2O. The lowest BCUT2D eigenvalue weighted by Crippen LogP contribution is -2.61. The van der Waals surface area contributed by atoms with Crippen LogP contribution in [0, 0.1) is 17.8 Å². The first-order chi connectivity index (χ1) is 9.12. The van der Waals surface area contributed by atoms with E-state index in [4.69, 9.17) is 0 Å². The normalized spacial score (nSPS) is 37.9. The maximum atomic E-state index is 12.3. The van der Waals surface area contributed by atoms with E-state index in [0.717, 1.165) is 30.8 Å². The van der Waals surface area contributed by atoms with Crippen LogP contribution < -0.4 is 5.32 Å². The van der Waals surface area contributed by atoms with Gasteiger partial charge in [-0.3, -0.25) is 9.69 Å². The van der Waals surface area contributed by atoms with Gasteiger partial charge in [-0.1, -0.05) is 13.8 Å². The topological polar surface area (TPSA) is 32.3 Å². The molecule has 0 aliphatic heterocycles. The van der Waals surface area contributed by atoms with Gasteiger partial charge in [0.05, 0.1) is 6.54 Å². The quantitative estimate of drug-likeness (QED) is 0.847. The molecule has 4 fully saturated rings. The molecular weight excluding hydrogens is 272 g/mol. The van der Waals surface area contributed by atoms with E-state index in [0.29, 0.717) is 6.54 Å². The summed E-state index contributed by atoms with van der Waals surface area (Å²) in [6.45, 7) is 6.76. The van der Waals surface area contributed by atoms with Crippen LogP contribution in [0.5, 0.6) is 0 Å². The van der Waals surface area contributed by atoms with E-state index >= 15 is 0 Å². The van der Waals surface area contributed by atoms with Crippen LogP contribution in [0.15, 0.2) is 0 Å². The summed E-state index contributed by atoms with van der Waals surface area (Å²) >= 11 is 0. The largest absolute Gasteiger partial charge is 0.350 e. The third-order valence-electron chi connectivity index (χ3n) is 5.70. The van der Waals surface area contributed by atoms with Gasteiger partial charge in [0.1, 0.15) is 0 Å². The second-order valence-corrected chi connectivity index (χ2v) is 7.21. The van der Waals surface area contributed by atoms with E-state index in [1.54, 1.807) is 0 Å². The van der Waals surface area contributed by atoms with Gasteiger partial charge in [0.15, 0.2) is 0 Å². The van der Waals surface area contributed by atoms with Crippen LogP contribution in [-0.2, 0) is 4.79 Å². The first-order valence-corrected chi connectivity index (χ1v) is 8.16. The van der Waals surface area contributed by atoms with E-state index in [9.17, 15) is 4.79 Å². The summed E-state index contributed by atoms with van der Waals surface area (Å²) in [6.07, 6.45) is 8.07. The van der Waals surface area contributed by atoms with Crippen LogP contribution >= 0.6 is 12.4 Å². The lowest BCUT2D eigenvalue weighted by Gasteiger charge is -2.57. The van der Waals surface area contributed by atoms with Crippen LogP contribution in [0.25, 0.3) is 0 Å². The summed E-state index contributed by atoms with van der Waals surface area (Å²) in [5, 5.41) is 3.44. The SMILES string of the molecule is CCN(CC)CC(=O)NC12CC3CC(CC(C3)C1)C2.Cl. The monoisotopic (exact) mass is 300 g/mol. The second kappa shape index (κ2) is 6.23. The Balaban J connectivity index is 0.00000147. The van der Waals surface area contributed by atoms with Crippen LogP contribution in [-0.4, -0.2) is 36.0 Å². The standard InChI is InChI=1S/C16H28N2O.ClH/c1-3-18(4-2)11-15(19)17-16-8-12-5-13(9-16)7-14(6-12)10-16;/h12-14H,3-11H2,1-2H3,(H,17,19);1H. The second-order valence-electron chi connectivity index (χ2n) is 7.21. The maximum absolute atomic E-state index is 12.3. The summed E-state index contributed by atoms with van der Waals surface area (Å²) in [4.78, 5) is 14.5. The fourth-order valence-electron chi connectivity index (χ4n) is 5.25. The van der Waals surface area contributed by atoms with E-state index in [1.165, 1.54) is 38.5 Å². The Morgan fingerprint density at radius 3 is 1.90 bits per heavy atom. The van der Waals surface area contributed by atoms with Crippen LogP contribution in [0.4, 0.5) is 0 Å². The number of nitrogens with zero attached hydrogens (tertiary/aromatic N) is 1. The lowest BCUT2D eigenvalue weighted by molar-refractivity contribution is -0.127. The van der Waals surface area contributed by atoms with Gasteiger partial charge in [-0.05, 0) is 69.4 Å². The Hall–Kier alpha value is -0.280. The zero-order valence-corrected chi connectivity index (χ0v) is 13.7. The fraction of sp³-hybridized carbons (Fsp3) is 0.938. The molecule has 4 bridgehead atoms. The van der Waals surface area contributed by atoms with Crippen molar-refractivity contribution in [3.63, 3.8) is 0 Å². The van der Waals surface area contributed by atoms with Crippen LogP contribution in [0.3, 0.4) is 0 Å². The van der Waals surface area contributed by atoms with E-state index < -0.39 is 0 Å². The minimum atomic E-state index is 0. The van der Waals surface area contributed by atoms with E-state index in [2.05, 4.69) is 24.1 Å². The summed E-state index contributed by atoms with van der Waals surface area (Å²) < 4.78 is 0. The molecule has 0 radical (unpaired) electrons. The highest BCUT2D eigenvalue weighted by Crippen LogP contribution is 2.55. The Labute approximate surface area is 129 Å². The van der Waals surface area contributed by atoms with Crippen molar-refractivity contribution < 1.29 is 4.79 Å². The maximum Gasteiger partial charge on any atom is 0.234 e. The Kier molecular flexibility index (Phi) is 5.01. The molecule has 4 rings (SSSR count). The van der Waals surface area contributed by atoms with Crippen LogP contribution in [0.2, 0.25) is 0 Å². The molecule has 4 aliphatic rings. The van der Waals surface area contributed by atoms with Crippen molar-refractivity contribution in [3.8, 4) is 0 Å². The average molecular weight is 301 g/mol. The van der Waals surface area contributed by atoms with Crippen molar-refractivity contribution >= 4 is 18.3 Å². The van der Waals surface area contributed by atoms with Crippen molar-refractivity contribution in [2.24, 2.45) is 17.8 Å². The number of hydrogen-bond acceptors (Lipinski definition) is 2. The van der Waals surface area contributed by atoms with Gasteiger partial charge in [-0.2, -0.15) is 0 Å². The van der Waals surface area contributed by atoms with Gasteiger partial charge in [0, 0.05) is 5.54 Å². The van der Waals surface area contributed by atoms with Crippen molar-refractivity contribution in [1.29, 1.82) is 0 Å². The average Bonchev–Trinajstić information content (AvgIpc) is 2.33. The predicted molar refractivity (Wildman–Crippen MR) is 84.1 cm³/mol. The third-order valence-corrected chi connectivity index (χ3v) is 5.70. The molecule has 0 aromatic rings. The third kappa shape index (κ3) is 3.14. The molecule has 20 heavy (non-hydrogen) atoms. The first kappa shape index (κ1) is 16.1. The molecule has 0 aromatic carbocycles. The summed E-state index contributed by atoms with van der Waals surface area (Å²) in [5.41, 5.74) is 0.180. The summed E-state index contributed by atoms with van der Waals surface area (Å²) in [5.74, 6) is 2.96. The molecule has 0 unspecified atom stereocenters. The van der Waals surface area contributed by atoms with E-state index in [1.807, 2.05) is 0 Å². The number of nitrogens with one attached hydrogen (secondary N) is 1. The zero-order chi connectivity index (χ0) is 13.5. The van der Waals surface area contributed by atoms with Gasteiger partial charge in [0.25, 0.3) is 0 Å². The number of rotatable bonds is 5. The molecule has 1 amide bonds. The number of hydrogen-bond donors (Lipinski definition) is 1. The Morgan fingerprint density at radius 1 is 1.05 bits per heavy atom. The minimum absolute atomic E-state index is 0. The summed E-state index contributed by atoms with van der Waals surface area (Å²) in [6, 6.07) is 0. The highest BCUT2D eigenvalue weighted by Gasteiger charge is 2.51. The first-order valence-electron chi connectivity index (χ1n) is 8.16. The molecule has 0 heterocycles. The molecule has 116 valence electrons. The molecule has 0 saturated heterocycles. The number of halogens is 1. The molecule has 4 saturated carbocycles.